The van der Waals surface area contributed by atoms with Crippen LogP contribution in [0.3, 0.4) is 0 Å². The Morgan fingerprint density at radius 2 is 1.68 bits per heavy atom. The predicted molar refractivity (Wildman–Crippen MR) is 118 cm³/mol. The van der Waals surface area contributed by atoms with Crippen LogP contribution in [-0.2, 0) is 9.59 Å². The highest BCUT2D eigenvalue weighted by Crippen LogP contribution is 2.26. The van der Waals surface area contributed by atoms with Crippen LogP contribution >= 0.6 is 0 Å². The number of amidine groups is 1. The normalized spacial score (nSPS) is 15.0. The third-order valence-electron chi connectivity index (χ3n) is 5.41. The molecule has 2 aromatic rings. The average Bonchev–Trinajstić information content (AvgIpc) is 2.79. The Balaban J connectivity index is 1.53. The largest absolute Gasteiger partial charge is 0.384 e. The summed E-state index contributed by atoms with van der Waals surface area (Å²) in [5.74, 6) is -1.40. The molecule has 1 unspecified atom stereocenters. The van der Waals surface area contributed by atoms with Gasteiger partial charge in [-0.15, -0.1) is 0 Å². The minimum absolute atomic E-state index is 0.0631. The lowest BCUT2D eigenvalue weighted by Crippen LogP contribution is -2.56. The van der Waals surface area contributed by atoms with Crippen molar-refractivity contribution in [1.82, 2.24) is 15.1 Å². The number of rotatable bonds is 8. The van der Waals surface area contributed by atoms with Gasteiger partial charge in [-0.2, -0.15) is 0 Å². The number of nitrogen functional groups attached to an aromatic ring is 1. The topological polar surface area (TPSA) is 120 Å². The summed E-state index contributed by atoms with van der Waals surface area (Å²) in [4.78, 5) is 40.8. The summed E-state index contributed by atoms with van der Waals surface area (Å²) in [6.07, 6.45) is 0.724. The van der Waals surface area contributed by atoms with E-state index in [0.717, 1.165) is 12.0 Å². The van der Waals surface area contributed by atoms with Crippen LogP contribution in [0.1, 0.15) is 40.9 Å². The summed E-state index contributed by atoms with van der Waals surface area (Å²) >= 11 is 0. The van der Waals surface area contributed by atoms with Crippen molar-refractivity contribution in [2.75, 3.05) is 26.2 Å². The molecule has 8 heteroatoms. The zero-order chi connectivity index (χ0) is 22.4. The highest BCUT2D eigenvalue weighted by atomic mass is 16.2. The summed E-state index contributed by atoms with van der Waals surface area (Å²) in [6, 6.07) is 16.0. The predicted octanol–water partition coefficient (Wildman–Crippen LogP) is 1.52. The quantitative estimate of drug-likeness (QED) is 0.340. The van der Waals surface area contributed by atoms with Gasteiger partial charge in [-0.1, -0.05) is 49.4 Å². The van der Waals surface area contributed by atoms with E-state index in [2.05, 4.69) is 5.32 Å². The summed E-state index contributed by atoms with van der Waals surface area (Å²) in [5.41, 5.74) is 7.41. The molecule has 162 valence electrons. The van der Waals surface area contributed by atoms with Gasteiger partial charge in [0.1, 0.15) is 5.84 Å². The zero-order valence-corrected chi connectivity index (χ0v) is 17.5. The standard InChI is InChI=1S/C23H27N5O3/c1-2-19(16-6-4-3-5-7-16)28-15-14-27(22(30)23(28)31)13-12-26-21(29)18-10-8-17(9-11-18)20(24)25/h3-11,19H,2,12-15H2,1H3,(H3,24,25)(H,26,29). The number of nitrogens with one attached hydrogen (secondary N) is 2. The Labute approximate surface area is 181 Å². The first-order chi connectivity index (χ1) is 14.9. The molecule has 0 aromatic heterocycles. The SMILES string of the molecule is CCC(c1ccccc1)N1CCN(CCNC(=O)c2ccc(C(=N)N)cc2)C(=O)C1=O. The molecule has 2 aromatic carbocycles. The number of amides is 3. The molecule has 0 radical (unpaired) electrons. The lowest BCUT2D eigenvalue weighted by atomic mass is 10.0. The second kappa shape index (κ2) is 9.88. The number of piperazine rings is 1. The van der Waals surface area contributed by atoms with Crippen LogP contribution in [0, 0.1) is 5.41 Å². The third-order valence-corrected chi connectivity index (χ3v) is 5.41. The number of benzene rings is 2. The van der Waals surface area contributed by atoms with E-state index < -0.39 is 11.8 Å². The van der Waals surface area contributed by atoms with E-state index in [9.17, 15) is 14.4 Å². The number of carbonyl (C=O) groups excluding carboxylic acids is 3. The Bertz CT molecular complexity index is 959. The highest BCUT2D eigenvalue weighted by molar-refractivity contribution is 6.35. The molecule has 1 saturated heterocycles. The Hall–Kier alpha value is -3.68. The first kappa shape index (κ1) is 22.0. The maximum Gasteiger partial charge on any atom is 0.312 e. The van der Waals surface area contributed by atoms with E-state index in [1.165, 1.54) is 4.90 Å². The summed E-state index contributed by atoms with van der Waals surface area (Å²) in [7, 11) is 0. The molecular weight excluding hydrogens is 394 g/mol. The van der Waals surface area contributed by atoms with Gasteiger partial charge in [0.25, 0.3) is 5.91 Å². The van der Waals surface area contributed by atoms with E-state index in [4.69, 9.17) is 11.1 Å². The highest BCUT2D eigenvalue weighted by Gasteiger charge is 2.36. The van der Waals surface area contributed by atoms with Gasteiger partial charge in [0, 0.05) is 37.3 Å². The Morgan fingerprint density at radius 1 is 1.03 bits per heavy atom. The Kier molecular flexibility index (Phi) is 7.02. The summed E-state index contributed by atoms with van der Waals surface area (Å²) in [5, 5.41) is 10.1. The summed E-state index contributed by atoms with van der Waals surface area (Å²) in [6.45, 7) is 3.38. The number of nitrogens with zero attached hydrogens (tertiary/aromatic N) is 2. The molecule has 0 bridgehead atoms. The van der Waals surface area contributed by atoms with Crippen LogP contribution in [0.25, 0.3) is 0 Å². The van der Waals surface area contributed by atoms with Gasteiger partial charge in [-0.05, 0) is 24.1 Å². The van der Waals surface area contributed by atoms with Crippen LogP contribution < -0.4 is 11.1 Å². The summed E-state index contributed by atoms with van der Waals surface area (Å²) < 4.78 is 0. The van der Waals surface area contributed by atoms with Gasteiger partial charge in [0.2, 0.25) is 0 Å². The molecule has 4 N–H and O–H groups in total. The van der Waals surface area contributed by atoms with Gasteiger partial charge in [0.05, 0.1) is 6.04 Å². The molecule has 3 amide bonds. The molecule has 0 aliphatic carbocycles. The maximum absolute atomic E-state index is 12.7. The number of carbonyl (C=O) groups is 3. The molecule has 3 rings (SSSR count). The molecule has 1 atom stereocenters. The number of hydrogen-bond donors (Lipinski definition) is 3. The lowest BCUT2D eigenvalue weighted by Gasteiger charge is -2.38. The van der Waals surface area contributed by atoms with Crippen molar-refractivity contribution in [2.24, 2.45) is 5.73 Å². The fourth-order valence-electron chi connectivity index (χ4n) is 3.72. The lowest BCUT2D eigenvalue weighted by molar-refractivity contribution is -0.157. The molecule has 1 aliphatic rings. The van der Waals surface area contributed by atoms with Crippen LogP contribution in [0.5, 0.6) is 0 Å². The fourth-order valence-corrected chi connectivity index (χ4v) is 3.72. The Morgan fingerprint density at radius 3 is 2.29 bits per heavy atom. The molecule has 0 saturated carbocycles. The average molecular weight is 422 g/mol. The number of hydrogen-bond acceptors (Lipinski definition) is 4. The maximum atomic E-state index is 12.7. The van der Waals surface area contributed by atoms with Gasteiger partial charge >= 0.3 is 11.8 Å². The zero-order valence-electron chi connectivity index (χ0n) is 17.5. The van der Waals surface area contributed by atoms with Gasteiger partial charge < -0.3 is 20.9 Å². The minimum Gasteiger partial charge on any atom is -0.384 e. The fraction of sp³-hybridized carbons (Fsp3) is 0.304. The van der Waals surface area contributed by atoms with E-state index in [0.29, 0.717) is 24.2 Å². The van der Waals surface area contributed by atoms with E-state index in [1.807, 2.05) is 37.3 Å². The first-order valence-electron chi connectivity index (χ1n) is 10.3. The third kappa shape index (κ3) is 5.09. The van der Waals surface area contributed by atoms with Crippen molar-refractivity contribution in [3.63, 3.8) is 0 Å². The molecule has 31 heavy (non-hydrogen) atoms. The molecule has 1 aliphatic heterocycles. The molecule has 0 spiro atoms. The van der Waals surface area contributed by atoms with E-state index >= 15 is 0 Å². The smallest absolute Gasteiger partial charge is 0.312 e. The van der Waals surface area contributed by atoms with Crippen molar-refractivity contribution >= 4 is 23.6 Å². The minimum atomic E-state index is -0.541. The van der Waals surface area contributed by atoms with Crippen molar-refractivity contribution in [3.05, 3.63) is 71.3 Å². The first-order valence-corrected chi connectivity index (χ1v) is 10.3. The molecule has 1 fully saturated rings. The molecule has 8 nitrogen and oxygen atoms in total. The van der Waals surface area contributed by atoms with Crippen LogP contribution in [0.4, 0.5) is 0 Å². The second-order valence-electron chi connectivity index (χ2n) is 7.37. The molecule has 1 heterocycles. The van der Waals surface area contributed by atoms with Crippen LogP contribution in [0.2, 0.25) is 0 Å². The molecular formula is C23H27N5O3. The second-order valence-corrected chi connectivity index (χ2v) is 7.37. The van der Waals surface area contributed by atoms with Gasteiger partial charge in [-0.3, -0.25) is 19.8 Å². The van der Waals surface area contributed by atoms with Crippen LogP contribution in [-0.4, -0.2) is 59.5 Å². The van der Waals surface area contributed by atoms with Gasteiger partial charge in [-0.25, -0.2) is 0 Å². The van der Waals surface area contributed by atoms with Crippen LogP contribution in [0.15, 0.2) is 54.6 Å². The van der Waals surface area contributed by atoms with Crippen molar-refractivity contribution in [3.8, 4) is 0 Å². The monoisotopic (exact) mass is 421 g/mol. The van der Waals surface area contributed by atoms with E-state index in [1.54, 1.807) is 29.2 Å². The van der Waals surface area contributed by atoms with Crippen molar-refractivity contribution < 1.29 is 14.4 Å². The van der Waals surface area contributed by atoms with E-state index in [-0.39, 0.29) is 30.9 Å². The van der Waals surface area contributed by atoms with Gasteiger partial charge in [0.15, 0.2) is 0 Å². The van der Waals surface area contributed by atoms with Crippen molar-refractivity contribution in [1.29, 1.82) is 5.41 Å². The number of nitrogens with two attached hydrogens (primary N) is 1. The van der Waals surface area contributed by atoms with Crippen molar-refractivity contribution in [2.45, 2.75) is 19.4 Å².